The Morgan fingerprint density at radius 1 is 0.824 bits per heavy atom. The monoisotopic (exact) mass is 758 g/mol. The molecule has 0 bridgehead atoms. The highest BCUT2D eigenvalue weighted by Gasteiger charge is 2.42. The molecule has 8 atom stereocenters. The Morgan fingerprint density at radius 2 is 1.37 bits per heavy atom. The number of hydrogen-bond acceptors (Lipinski definition) is 10. The van der Waals surface area contributed by atoms with E-state index < -0.39 is 47.8 Å². The van der Waals surface area contributed by atoms with E-state index in [0.29, 0.717) is 32.5 Å². The molecule has 0 aromatic heterocycles. The molecule has 1 aromatic rings. The van der Waals surface area contributed by atoms with Gasteiger partial charge in [0.25, 0.3) is 0 Å². The van der Waals surface area contributed by atoms with E-state index in [1.54, 1.807) is 37.4 Å². The molecule has 51 heavy (non-hydrogen) atoms. The van der Waals surface area contributed by atoms with Crippen molar-refractivity contribution in [2.24, 2.45) is 0 Å². The van der Waals surface area contributed by atoms with Gasteiger partial charge < -0.3 is 38.7 Å². The molecule has 1 aromatic carbocycles. The van der Waals surface area contributed by atoms with Gasteiger partial charge in [-0.15, -0.1) is 0 Å². The number of benzene rings is 1. The van der Waals surface area contributed by atoms with Gasteiger partial charge in [-0.2, -0.15) is 0 Å². The van der Waals surface area contributed by atoms with E-state index in [0.717, 1.165) is 70.8 Å². The standard InChI is InChI=1S/C39H70O10SSi/c1-39(2,3)51(5,6)47-26-16-18-30(46-29-45-4)17-12-9-7-8-10-13-21-32(50(43,44)31-19-14-11-15-20-31)27-33(41)35-22-24-37(48-35)38-25-23-36(49-38)34(42)28-40/h11,14-15,19-20,30,32-38,40-42H,7-10,12-13,16-18,21-29H2,1-6H3/t30-,32?,33-,34+,35-,36-,37-,38-/m1/s1. The van der Waals surface area contributed by atoms with Gasteiger partial charge >= 0.3 is 0 Å². The third-order valence-electron chi connectivity index (χ3n) is 11.3. The molecule has 2 heterocycles. The van der Waals surface area contributed by atoms with E-state index in [-0.39, 0.29) is 41.3 Å². The zero-order chi connectivity index (χ0) is 37.5. The fourth-order valence-corrected chi connectivity index (χ4v) is 9.95. The Kier molecular flexibility index (Phi) is 19.0. The fourth-order valence-electron chi connectivity index (χ4n) is 7.01. The van der Waals surface area contributed by atoms with Gasteiger partial charge in [0.1, 0.15) is 12.9 Å². The number of sulfone groups is 1. The van der Waals surface area contributed by atoms with Crippen molar-refractivity contribution in [2.75, 3.05) is 27.1 Å². The Bertz CT molecular complexity index is 1190. The van der Waals surface area contributed by atoms with Crippen LogP contribution >= 0.6 is 0 Å². The van der Waals surface area contributed by atoms with Crippen LogP contribution in [0, 0.1) is 0 Å². The predicted octanol–water partition coefficient (Wildman–Crippen LogP) is 6.94. The van der Waals surface area contributed by atoms with Gasteiger partial charge in [0.15, 0.2) is 18.2 Å². The SMILES string of the molecule is COCO[C@H](CCCCCCCCC(C[C@@H](O)[C@H]1CC[C@H]([C@H]2CC[C@H]([C@@H](O)CO)O2)O1)S(=O)(=O)c1ccccc1)CCCO[Si](C)(C)C(C)(C)C. The second-order valence-corrected chi connectivity index (χ2v) is 23.3. The minimum atomic E-state index is -3.64. The third kappa shape index (κ3) is 14.3. The first kappa shape index (κ1) is 44.5. The summed E-state index contributed by atoms with van der Waals surface area (Å²) in [7, 11) is -3.73. The van der Waals surface area contributed by atoms with Crippen LogP contribution in [0.25, 0.3) is 0 Å². The highest BCUT2D eigenvalue weighted by Crippen LogP contribution is 2.37. The molecule has 2 aliphatic heterocycles. The molecule has 3 N–H and O–H groups in total. The average Bonchev–Trinajstić information content (AvgIpc) is 3.79. The molecule has 2 aliphatic rings. The van der Waals surface area contributed by atoms with Gasteiger partial charge in [0.2, 0.25) is 0 Å². The minimum Gasteiger partial charge on any atom is -0.417 e. The highest BCUT2D eigenvalue weighted by atomic mass is 32.2. The van der Waals surface area contributed by atoms with Crippen molar-refractivity contribution in [1.82, 2.24) is 0 Å². The van der Waals surface area contributed by atoms with Gasteiger partial charge in [0, 0.05) is 13.7 Å². The first-order valence-electron chi connectivity index (χ1n) is 19.5. The number of ether oxygens (including phenoxy) is 4. The van der Waals surface area contributed by atoms with E-state index in [4.69, 9.17) is 23.4 Å². The molecule has 2 fully saturated rings. The van der Waals surface area contributed by atoms with Crippen LogP contribution in [0.3, 0.4) is 0 Å². The zero-order valence-corrected chi connectivity index (χ0v) is 34.2. The lowest BCUT2D eigenvalue weighted by atomic mass is 10.00. The Hall–Kier alpha value is -0.933. The van der Waals surface area contributed by atoms with E-state index in [2.05, 4.69) is 33.9 Å². The number of unbranched alkanes of at least 4 members (excludes halogenated alkanes) is 5. The lowest BCUT2D eigenvalue weighted by Crippen LogP contribution is -2.41. The minimum absolute atomic E-state index is 0.121. The van der Waals surface area contributed by atoms with Crippen molar-refractivity contribution in [3.8, 4) is 0 Å². The summed E-state index contributed by atoms with van der Waals surface area (Å²) in [6, 6.07) is 8.55. The Balaban J connectivity index is 1.42. The topological polar surface area (TPSA) is 141 Å². The molecule has 0 radical (unpaired) electrons. The van der Waals surface area contributed by atoms with Crippen molar-refractivity contribution >= 4 is 18.2 Å². The summed E-state index contributed by atoms with van der Waals surface area (Å²) in [4.78, 5) is 0.289. The molecule has 12 heteroatoms. The predicted molar refractivity (Wildman–Crippen MR) is 203 cm³/mol. The van der Waals surface area contributed by atoms with Crippen LogP contribution in [0.2, 0.25) is 18.1 Å². The smallest absolute Gasteiger partial charge is 0.191 e. The number of rotatable bonds is 25. The normalized spacial score (nSPS) is 24.1. The number of aliphatic hydroxyl groups is 3. The van der Waals surface area contributed by atoms with Crippen LogP contribution in [0.1, 0.15) is 117 Å². The zero-order valence-electron chi connectivity index (χ0n) is 32.3. The summed E-state index contributed by atoms with van der Waals surface area (Å²) < 4.78 is 57.2. The van der Waals surface area contributed by atoms with E-state index >= 15 is 0 Å². The summed E-state index contributed by atoms with van der Waals surface area (Å²) in [6.07, 6.45) is 9.26. The van der Waals surface area contributed by atoms with Gasteiger partial charge in [-0.1, -0.05) is 77.5 Å². The molecule has 296 valence electrons. The lowest BCUT2D eigenvalue weighted by molar-refractivity contribution is -0.114. The molecule has 0 amide bonds. The van der Waals surface area contributed by atoms with Gasteiger partial charge in [0.05, 0.1) is 53.4 Å². The van der Waals surface area contributed by atoms with Crippen LogP contribution in [-0.2, 0) is 33.2 Å². The van der Waals surface area contributed by atoms with E-state index in [1.165, 1.54) is 0 Å². The maximum absolute atomic E-state index is 13.8. The van der Waals surface area contributed by atoms with Crippen molar-refractivity contribution < 1.29 is 47.1 Å². The van der Waals surface area contributed by atoms with E-state index in [1.807, 2.05) is 0 Å². The largest absolute Gasteiger partial charge is 0.417 e. The quantitative estimate of drug-likeness (QED) is 0.0546. The van der Waals surface area contributed by atoms with Crippen LogP contribution in [-0.4, -0.2) is 107 Å². The van der Waals surface area contributed by atoms with Gasteiger partial charge in [-0.05, 0) is 88.1 Å². The summed E-state index contributed by atoms with van der Waals surface area (Å²) in [5.74, 6) is 0. The summed E-state index contributed by atoms with van der Waals surface area (Å²) in [6.45, 7) is 12.1. The highest BCUT2D eigenvalue weighted by molar-refractivity contribution is 7.92. The first-order valence-corrected chi connectivity index (χ1v) is 24.0. The second-order valence-electron chi connectivity index (χ2n) is 16.3. The molecule has 10 nitrogen and oxygen atoms in total. The molecule has 0 saturated carbocycles. The van der Waals surface area contributed by atoms with Crippen LogP contribution in [0.5, 0.6) is 0 Å². The maximum atomic E-state index is 13.8. The third-order valence-corrected chi connectivity index (χ3v) is 18.1. The summed E-state index contributed by atoms with van der Waals surface area (Å²) in [5, 5.41) is 30.0. The fraction of sp³-hybridized carbons (Fsp3) is 0.846. The van der Waals surface area contributed by atoms with Crippen molar-refractivity contribution in [3.05, 3.63) is 30.3 Å². The number of aliphatic hydroxyl groups excluding tert-OH is 3. The second kappa shape index (κ2) is 21.8. The molecular formula is C39H70O10SSi. The molecule has 2 saturated heterocycles. The number of hydrogen-bond donors (Lipinski definition) is 3. The van der Waals surface area contributed by atoms with Crippen LogP contribution < -0.4 is 0 Å². The molecule has 0 aliphatic carbocycles. The molecule has 3 rings (SSSR count). The van der Waals surface area contributed by atoms with Crippen LogP contribution in [0.4, 0.5) is 0 Å². The maximum Gasteiger partial charge on any atom is 0.191 e. The average molecular weight is 759 g/mol. The van der Waals surface area contributed by atoms with E-state index in [9.17, 15) is 23.7 Å². The number of methoxy groups -OCH3 is 1. The summed E-state index contributed by atoms with van der Waals surface area (Å²) >= 11 is 0. The summed E-state index contributed by atoms with van der Waals surface area (Å²) in [5.41, 5.74) is 0. The Morgan fingerprint density at radius 3 is 1.94 bits per heavy atom. The van der Waals surface area contributed by atoms with Crippen molar-refractivity contribution in [2.45, 2.75) is 188 Å². The first-order chi connectivity index (χ1) is 24.2. The molecular weight excluding hydrogens is 689 g/mol. The van der Waals surface area contributed by atoms with Gasteiger partial charge in [-0.25, -0.2) is 8.42 Å². The van der Waals surface area contributed by atoms with Crippen molar-refractivity contribution in [1.29, 1.82) is 0 Å². The molecule has 0 spiro atoms. The van der Waals surface area contributed by atoms with Crippen LogP contribution in [0.15, 0.2) is 35.2 Å². The van der Waals surface area contributed by atoms with Gasteiger partial charge in [-0.3, -0.25) is 0 Å². The van der Waals surface area contributed by atoms with Crippen molar-refractivity contribution in [3.63, 3.8) is 0 Å². The molecule has 1 unspecified atom stereocenters. The lowest BCUT2D eigenvalue weighted by Gasteiger charge is -2.36. The Labute approximate surface area is 310 Å².